The molecule has 0 aliphatic carbocycles. The van der Waals surface area contributed by atoms with Crippen molar-refractivity contribution in [3.8, 4) is 0 Å². The zero-order chi connectivity index (χ0) is 14.6. The van der Waals surface area contributed by atoms with Crippen molar-refractivity contribution in [3.63, 3.8) is 0 Å². The molecule has 7 heteroatoms. The van der Waals surface area contributed by atoms with Gasteiger partial charge in [-0.1, -0.05) is 0 Å². The first-order valence-corrected chi connectivity index (χ1v) is 6.13. The summed E-state index contributed by atoms with van der Waals surface area (Å²) in [5.41, 5.74) is -0.400. The summed E-state index contributed by atoms with van der Waals surface area (Å²) in [5, 5.41) is 11.5. The van der Waals surface area contributed by atoms with Crippen LogP contribution in [0.4, 0.5) is 4.79 Å². The lowest BCUT2D eigenvalue weighted by molar-refractivity contribution is -0.126. The molecule has 0 aromatic carbocycles. The number of amides is 2. The molecule has 0 aromatic rings. The van der Waals surface area contributed by atoms with Gasteiger partial charge in [-0.3, -0.25) is 9.69 Å². The van der Waals surface area contributed by atoms with Crippen LogP contribution in [0.2, 0.25) is 0 Å². The molecular weight excluding hydrogens is 252 g/mol. The van der Waals surface area contributed by atoms with Crippen molar-refractivity contribution < 1.29 is 24.2 Å². The van der Waals surface area contributed by atoms with Gasteiger partial charge in [0.1, 0.15) is 12.3 Å². The van der Waals surface area contributed by atoms with Gasteiger partial charge in [0.25, 0.3) is 0 Å². The number of likely N-dealkylation sites (tertiary alicyclic amines) is 1. The molecule has 0 spiro atoms. The molecule has 0 unspecified atom stereocenters. The minimum Gasteiger partial charge on any atom is -0.465 e. The predicted molar refractivity (Wildman–Crippen MR) is 66.8 cm³/mol. The fourth-order valence-corrected chi connectivity index (χ4v) is 2.10. The largest absolute Gasteiger partial charge is 0.465 e. The molecule has 2 amide bonds. The van der Waals surface area contributed by atoms with E-state index in [-0.39, 0.29) is 19.2 Å². The van der Waals surface area contributed by atoms with Crippen LogP contribution in [0.15, 0.2) is 0 Å². The first kappa shape index (κ1) is 15.4. The van der Waals surface area contributed by atoms with Gasteiger partial charge in [-0.25, -0.2) is 4.79 Å². The molecular formula is C12H20N2O5. The van der Waals surface area contributed by atoms with E-state index in [0.29, 0.717) is 12.7 Å². The topological polar surface area (TPSA) is 95.9 Å². The van der Waals surface area contributed by atoms with E-state index in [1.165, 1.54) is 0 Å². The average Bonchev–Trinajstić information content (AvgIpc) is 2.67. The second kappa shape index (κ2) is 6.01. The molecule has 2 atom stereocenters. The van der Waals surface area contributed by atoms with Crippen molar-refractivity contribution in [2.24, 2.45) is 0 Å². The zero-order valence-electron chi connectivity index (χ0n) is 11.4. The second-order valence-corrected chi connectivity index (χ2v) is 5.45. The Morgan fingerprint density at radius 3 is 2.58 bits per heavy atom. The van der Waals surface area contributed by atoms with Gasteiger partial charge < -0.3 is 20.0 Å². The first-order chi connectivity index (χ1) is 8.74. The van der Waals surface area contributed by atoms with Crippen molar-refractivity contribution >= 4 is 18.3 Å². The van der Waals surface area contributed by atoms with Gasteiger partial charge in [-0.2, -0.15) is 0 Å². The number of carbonyl (C=O) groups is 3. The lowest BCUT2D eigenvalue weighted by atomic mass is 10.1. The molecule has 2 N–H and O–H groups in total. The first-order valence-electron chi connectivity index (χ1n) is 6.13. The Morgan fingerprint density at radius 1 is 1.47 bits per heavy atom. The number of carbonyl (C=O) groups excluding carboxylic acids is 2. The molecule has 0 aromatic heterocycles. The van der Waals surface area contributed by atoms with Crippen molar-refractivity contribution in [1.29, 1.82) is 0 Å². The standard InChI is InChI=1S/C12H20N2O5/c1-12(2,3)19-8-6-9(10(16)13-4-5-15)14(7-8)11(17)18/h5,8-9H,4,6-7H2,1-3H3,(H,13,16)(H,17,18)/t8-,9+/m1/s1. The molecule has 1 rings (SSSR count). The third-order valence-electron chi connectivity index (χ3n) is 2.69. The third kappa shape index (κ3) is 4.51. The van der Waals surface area contributed by atoms with Crippen molar-refractivity contribution in [2.45, 2.75) is 44.9 Å². The lowest BCUT2D eigenvalue weighted by Crippen LogP contribution is -2.45. The van der Waals surface area contributed by atoms with Crippen LogP contribution >= 0.6 is 0 Å². The van der Waals surface area contributed by atoms with Crippen LogP contribution in [0.3, 0.4) is 0 Å². The minimum atomic E-state index is -1.16. The average molecular weight is 272 g/mol. The highest BCUT2D eigenvalue weighted by atomic mass is 16.5. The number of hydrogen-bond donors (Lipinski definition) is 2. The molecule has 1 fully saturated rings. The van der Waals surface area contributed by atoms with E-state index >= 15 is 0 Å². The fourth-order valence-electron chi connectivity index (χ4n) is 2.10. The molecule has 1 aliphatic heterocycles. The summed E-state index contributed by atoms with van der Waals surface area (Å²) in [6.07, 6.45) is -0.621. The number of nitrogens with zero attached hydrogens (tertiary/aromatic N) is 1. The van der Waals surface area contributed by atoms with Crippen LogP contribution in [-0.4, -0.2) is 59.1 Å². The van der Waals surface area contributed by atoms with Gasteiger partial charge in [-0.15, -0.1) is 0 Å². The molecule has 108 valence electrons. The minimum absolute atomic E-state index is 0.117. The van der Waals surface area contributed by atoms with E-state index in [9.17, 15) is 14.4 Å². The maximum absolute atomic E-state index is 11.8. The summed E-state index contributed by atoms with van der Waals surface area (Å²) in [4.78, 5) is 34.2. The highest BCUT2D eigenvalue weighted by Crippen LogP contribution is 2.24. The molecule has 1 aliphatic rings. The molecule has 7 nitrogen and oxygen atoms in total. The van der Waals surface area contributed by atoms with Gasteiger partial charge in [0.15, 0.2) is 0 Å². The lowest BCUT2D eigenvalue weighted by Gasteiger charge is -2.24. The van der Waals surface area contributed by atoms with E-state index in [4.69, 9.17) is 9.84 Å². The van der Waals surface area contributed by atoms with Gasteiger partial charge in [0.2, 0.25) is 5.91 Å². The molecule has 1 heterocycles. The van der Waals surface area contributed by atoms with Gasteiger partial charge in [0.05, 0.1) is 24.8 Å². The third-order valence-corrected chi connectivity index (χ3v) is 2.69. The van der Waals surface area contributed by atoms with Crippen LogP contribution in [0.5, 0.6) is 0 Å². The van der Waals surface area contributed by atoms with Crippen molar-refractivity contribution in [1.82, 2.24) is 10.2 Å². The number of ether oxygens (including phenoxy) is 1. The van der Waals surface area contributed by atoms with Gasteiger partial charge >= 0.3 is 6.09 Å². The van der Waals surface area contributed by atoms with E-state index in [1.54, 1.807) is 0 Å². The van der Waals surface area contributed by atoms with Crippen LogP contribution in [0.25, 0.3) is 0 Å². The summed E-state index contributed by atoms with van der Waals surface area (Å²) in [6, 6.07) is -0.801. The van der Waals surface area contributed by atoms with Crippen LogP contribution in [0, 0.1) is 0 Å². The summed E-state index contributed by atoms with van der Waals surface area (Å²) in [5.74, 6) is -0.463. The maximum Gasteiger partial charge on any atom is 0.408 e. The molecule has 0 bridgehead atoms. The normalized spacial score (nSPS) is 23.2. The SMILES string of the molecule is CC(C)(C)O[C@@H]1C[C@@H](C(=O)NCC=O)N(C(=O)O)C1. The molecule has 0 saturated carbocycles. The molecule has 0 radical (unpaired) electrons. The Labute approximate surface area is 111 Å². The Hall–Kier alpha value is -1.63. The number of aldehydes is 1. The van der Waals surface area contributed by atoms with Gasteiger partial charge in [0, 0.05) is 6.42 Å². The summed E-state index contributed by atoms with van der Waals surface area (Å²) < 4.78 is 5.71. The summed E-state index contributed by atoms with van der Waals surface area (Å²) >= 11 is 0. The Kier molecular flexibility index (Phi) is 4.88. The molecule has 19 heavy (non-hydrogen) atoms. The van der Waals surface area contributed by atoms with E-state index < -0.39 is 23.6 Å². The highest BCUT2D eigenvalue weighted by molar-refractivity contribution is 5.87. The predicted octanol–water partition coefficient (Wildman–Crippen LogP) is 0.238. The van der Waals surface area contributed by atoms with Crippen LogP contribution in [0.1, 0.15) is 27.2 Å². The number of carboxylic acid groups (broad SMARTS) is 1. The molecule has 1 saturated heterocycles. The van der Waals surface area contributed by atoms with E-state index in [0.717, 1.165) is 4.90 Å². The zero-order valence-corrected chi connectivity index (χ0v) is 11.4. The van der Waals surface area contributed by atoms with Gasteiger partial charge in [-0.05, 0) is 20.8 Å². The van der Waals surface area contributed by atoms with Crippen molar-refractivity contribution in [2.75, 3.05) is 13.1 Å². The smallest absolute Gasteiger partial charge is 0.408 e. The summed E-state index contributed by atoms with van der Waals surface area (Å²) in [6.45, 7) is 5.66. The van der Waals surface area contributed by atoms with E-state index in [1.807, 2.05) is 20.8 Å². The number of rotatable bonds is 4. The highest BCUT2D eigenvalue weighted by Gasteiger charge is 2.41. The Morgan fingerprint density at radius 2 is 2.11 bits per heavy atom. The number of nitrogens with one attached hydrogen (secondary N) is 1. The van der Waals surface area contributed by atoms with E-state index in [2.05, 4.69) is 5.32 Å². The Bertz CT molecular complexity index is 364. The second-order valence-electron chi connectivity index (χ2n) is 5.45. The van der Waals surface area contributed by atoms with Crippen LogP contribution in [-0.2, 0) is 14.3 Å². The quantitative estimate of drug-likeness (QED) is 0.715. The monoisotopic (exact) mass is 272 g/mol. The summed E-state index contributed by atoms with van der Waals surface area (Å²) in [7, 11) is 0. The number of hydrogen-bond acceptors (Lipinski definition) is 4. The maximum atomic E-state index is 11.8. The van der Waals surface area contributed by atoms with Crippen molar-refractivity contribution in [3.05, 3.63) is 0 Å². The Balaban J connectivity index is 2.70. The fraction of sp³-hybridized carbons (Fsp3) is 0.750. The van der Waals surface area contributed by atoms with Crippen LogP contribution < -0.4 is 5.32 Å².